The molecule has 0 spiro atoms. The summed E-state index contributed by atoms with van der Waals surface area (Å²) < 4.78 is 7.43. The van der Waals surface area contributed by atoms with Crippen molar-refractivity contribution in [3.63, 3.8) is 0 Å². The molecule has 2 aromatic heterocycles. The first kappa shape index (κ1) is 22.8. The molecular weight excluding hydrogens is 460 g/mol. The number of carbonyl (C=O) groups is 2. The third-order valence-electron chi connectivity index (χ3n) is 4.92. The lowest BCUT2D eigenvalue weighted by molar-refractivity contribution is -0.115. The number of carbonyl (C=O) groups excluding carboxylic acids is 2. The zero-order valence-electron chi connectivity index (χ0n) is 18.0. The van der Waals surface area contributed by atoms with Crippen molar-refractivity contribution in [1.82, 2.24) is 14.8 Å². The number of hydrogen-bond donors (Lipinski definition) is 1. The lowest BCUT2D eigenvalue weighted by Crippen LogP contribution is -2.23. The van der Waals surface area contributed by atoms with E-state index < -0.39 is 5.25 Å². The van der Waals surface area contributed by atoms with Gasteiger partial charge >= 0.3 is 0 Å². The standard InChI is InChI=1S/C24H21ClN4O3S/c1-15(30)17-7-11-20(12-8-17)26-23(31)16(2)33-24-28-27-22(18-5-9-19(25)10-6-18)29(24)14-21-4-3-13-32-21/h3-13,16H,14H2,1-2H3,(H,26,31). The first-order chi connectivity index (χ1) is 15.9. The summed E-state index contributed by atoms with van der Waals surface area (Å²) in [5, 5.41) is 12.4. The van der Waals surface area contributed by atoms with Gasteiger partial charge in [0.05, 0.1) is 18.1 Å². The van der Waals surface area contributed by atoms with Crippen LogP contribution in [0.1, 0.15) is 30.0 Å². The predicted molar refractivity (Wildman–Crippen MR) is 129 cm³/mol. The Kier molecular flexibility index (Phi) is 6.96. The summed E-state index contributed by atoms with van der Waals surface area (Å²) in [6, 6.07) is 17.8. The fourth-order valence-electron chi connectivity index (χ4n) is 3.13. The number of nitrogens with one attached hydrogen (secondary N) is 1. The molecule has 1 atom stereocenters. The second kappa shape index (κ2) is 10.1. The van der Waals surface area contributed by atoms with E-state index in [0.29, 0.717) is 33.8 Å². The molecule has 2 heterocycles. The smallest absolute Gasteiger partial charge is 0.237 e. The van der Waals surface area contributed by atoms with Crippen molar-refractivity contribution in [2.45, 2.75) is 30.8 Å². The third kappa shape index (κ3) is 5.53. The predicted octanol–water partition coefficient (Wildman–Crippen LogP) is 5.56. The van der Waals surface area contributed by atoms with Crippen molar-refractivity contribution in [3.05, 3.63) is 83.3 Å². The van der Waals surface area contributed by atoms with Crippen LogP contribution in [0.5, 0.6) is 0 Å². The molecule has 1 unspecified atom stereocenters. The van der Waals surface area contributed by atoms with Crippen LogP contribution in [0.2, 0.25) is 5.02 Å². The molecule has 4 rings (SSSR count). The molecule has 0 aliphatic heterocycles. The molecule has 0 aliphatic rings. The highest BCUT2D eigenvalue weighted by molar-refractivity contribution is 8.00. The molecule has 4 aromatic rings. The van der Waals surface area contributed by atoms with Gasteiger partial charge in [-0.2, -0.15) is 0 Å². The minimum absolute atomic E-state index is 0.0239. The maximum absolute atomic E-state index is 12.8. The molecule has 33 heavy (non-hydrogen) atoms. The van der Waals surface area contributed by atoms with E-state index in [2.05, 4.69) is 15.5 Å². The van der Waals surface area contributed by atoms with E-state index in [1.54, 1.807) is 49.6 Å². The van der Waals surface area contributed by atoms with Gasteiger partial charge in [-0.3, -0.25) is 14.2 Å². The summed E-state index contributed by atoms with van der Waals surface area (Å²) in [5.74, 6) is 1.19. The maximum atomic E-state index is 12.8. The summed E-state index contributed by atoms with van der Waals surface area (Å²) in [5.41, 5.74) is 2.07. The first-order valence-corrected chi connectivity index (χ1v) is 11.5. The number of hydrogen-bond acceptors (Lipinski definition) is 6. The Balaban J connectivity index is 1.54. The number of Topliss-reactive ketones (excluding diaryl/α,β-unsaturated/α-hetero) is 1. The Hall–Kier alpha value is -3.36. The van der Waals surface area contributed by atoms with E-state index in [1.807, 2.05) is 28.8 Å². The molecule has 1 amide bonds. The molecular formula is C24H21ClN4O3S. The van der Waals surface area contributed by atoms with Crippen molar-refractivity contribution in [2.24, 2.45) is 0 Å². The van der Waals surface area contributed by atoms with Crippen molar-refractivity contribution in [2.75, 3.05) is 5.32 Å². The monoisotopic (exact) mass is 480 g/mol. The van der Waals surface area contributed by atoms with Crippen LogP contribution in [0, 0.1) is 0 Å². The molecule has 1 N–H and O–H groups in total. The number of aromatic nitrogens is 3. The van der Waals surface area contributed by atoms with Crippen LogP contribution < -0.4 is 5.32 Å². The number of rotatable bonds is 8. The zero-order chi connectivity index (χ0) is 23.4. The average Bonchev–Trinajstić information content (AvgIpc) is 3.45. The van der Waals surface area contributed by atoms with Crippen LogP contribution in [-0.2, 0) is 11.3 Å². The van der Waals surface area contributed by atoms with Gasteiger partial charge in [0.1, 0.15) is 5.76 Å². The summed E-state index contributed by atoms with van der Waals surface area (Å²) >= 11 is 7.33. The molecule has 7 nitrogen and oxygen atoms in total. The van der Waals surface area contributed by atoms with Crippen LogP contribution in [0.25, 0.3) is 11.4 Å². The number of amides is 1. The summed E-state index contributed by atoms with van der Waals surface area (Å²) in [4.78, 5) is 24.2. The minimum Gasteiger partial charge on any atom is -0.467 e. The average molecular weight is 481 g/mol. The van der Waals surface area contributed by atoms with Gasteiger partial charge < -0.3 is 9.73 Å². The topological polar surface area (TPSA) is 90.0 Å². The van der Waals surface area contributed by atoms with E-state index in [1.165, 1.54) is 18.7 Å². The minimum atomic E-state index is -0.449. The largest absolute Gasteiger partial charge is 0.467 e. The maximum Gasteiger partial charge on any atom is 0.237 e. The molecule has 0 fully saturated rings. The summed E-state index contributed by atoms with van der Waals surface area (Å²) in [7, 11) is 0. The van der Waals surface area contributed by atoms with Crippen LogP contribution in [0.3, 0.4) is 0 Å². The molecule has 0 saturated carbocycles. The number of benzene rings is 2. The quantitative estimate of drug-likeness (QED) is 0.262. The van der Waals surface area contributed by atoms with Crippen LogP contribution >= 0.6 is 23.4 Å². The summed E-state index contributed by atoms with van der Waals surface area (Å²) in [6.45, 7) is 3.72. The second-order valence-electron chi connectivity index (χ2n) is 7.36. The number of ketones is 1. The molecule has 0 aliphatic carbocycles. The Morgan fingerprint density at radius 2 is 1.82 bits per heavy atom. The molecule has 0 radical (unpaired) electrons. The van der Waals surface area contributed by atoms with Gasteiger partial charge in [0.15, 0.2) is 16.8 Å². The number of anilines is 1. The number of thioether (sulfide) groups is 1. The van der Waals surface area contributed by atoms with Crippen molar-refractivity contribution in [3.8, 4) is 11.4 Å². The van der Waals surface area contributed by atoms with E-state index in [9.17, 15) is 9.59 Å². The fourth-order valence-corrected chi connectivity index (χ4v) is 4.11. The van der Waals surface area contributed by atoms with Gasteiger partial charge in [-0.25, -0.2) is 0 Å². The third-order valence-corrected chi connectivity index (χ3v) is 6.26. The molecule has 9 heteroatoms. The van der Waals surface area contributed by atoms with Crippen LogP contribution in [-0.4, -0.2) is 31.7 Å². The van der Waals surface area contributed by atoms with E-state index in [0.717, 1.165) is 11.3 Å². The van der Waals surface area contributed by atoms with E-state index in [-0.39, 0.29) is 11.7 Å². The molecule has 168 valence electrons. The lowest BCUT2D eigenvalue weighted by atomic mass is 10.1. The normalized spacial score (nSPS) is 11.8. The fraction of sp³-hybridized carbons (Fsp3) is 0.167. The summed E-state index contributed by atoms with van der Waals surface area (Å²) in [6.07, 6.45) is 1.61. The lowest BCUT2D eigenvalue weighted by Gasteiger charge is -2.13. The zero-order valence-corrected chi connectivity index (χ0v) is 19.6. The highest BCUT2D eigenvalue weighted by atomic mass is 35.5. The Morgan fingerprint density at radius 3 is 2.45 bits per heavy atom. The van der Waals surface area contributed by atoms with E-state index >= 15 is 0 Å². The van der Waals surface area contributed by atoms with Gasteiger partial charge in [0.2, 0.25) is 5.91 Å². The van der Waals surface area contributed by atoms with Gasteiger partial charge in [-0.1, -0.05) is 23.4 Å². The van der Waals surface area contributed by atoms with Crippen molar-refractivity contribution >= 4 is 40.7 Å². The number of furan rings is 1. The highest BCUT2D eigenvalue weighted by Crippen LogP contribution is 2.29. The van der Waals surface area contributed by atoms with Crippen molar-refractivity contribution in [1.29, 1.82) is 0 Å². The Bertz CT molecular complexity index is 1250. The number of nitrogens with zero attached hydrogens (tertiary/aromatic N) is 3. The van der Waals surface area contributed by atoms with Crippen LogP contribution in [0.15, 0.2) is 76.5 Å². The van der Waals surface area contributed by atoms with E-state index in [4.69, 9.17) is 16.0 Å². The molecule has 0 saturated heterocycles. The van der Waals surface area contributed by atoms with Gasteiger partial charge in [-0.15, -0.1) is 10.2 Å². The Labute approximate surface area is 200 Å². The second-order valence-corrected chi connectivity index (χ2v) is 9.11. The molecule has 2 aromatic carbocycles. The molecule has 0 bridgehead atoms. The SMILES string of the molecule is CC(=O)c1ccc(NC(=O)C(C)Sc2nnc(-c3ccc(Cl)cc3)n2Cc2ccco2)cc1. The van der Waals surface area contributed by atoms with Gasteiger partial charge in [0, 0.05) is 21.8 Å². The van der Waals surface area contributed by atoms with Crippen LogP contribution in [0.4, 0.5) is 5.69 Å². The van der Waals surface area contributed by atoms with Gasteiger partial charge in [0.25, 0.3) is 0 Å². The number of halogens is 1. The van der Waals surface area contributed by atoms with Gasteiger partial charge in [-0.05, 0) is 74.5 Å². The van der Waals surface area contributed by atoms with Crippen molar-refractivity contribution < 1.29 is 14.0 Å². The Morgan fingerprint density at radius 1 is 1.09 bits per heavy atom. The highest BCUT2D eigenvalue weighted by Gasteiger charge is 2.22. The first-order valence-electron chi connectivity index (χ1n) is 10.2.